The first-order valence-electron chi connectivity index (χ1n) is 8.58. The summed E-state index contributed by atoms with van der Waals surface area (Å²) in [4.78, 5) is 17.4. The minimum Gasteiger partial charge on any atom is -0.298 e. The number of nitrogens with zero attached hydrogens (tertiary/aromatic N) is 3. The summed E-state index contributed by atoms with van der Waals surface area (Å²) >= 11 is 2.92. The average molecular weight is 391 g/mol. The first-order chi connectivity index (χ1) is 12.7. The fraction of sp³-hybridized carbons (Fsp3) is 0.333. The number of carbonyl (C=O) groups is 1. The van der Waals surface area contributed by atoms with E-state index in [2.05, 4.69) is 22.4 Å². The number of unbranched alkanes of at least 4 members (excludes halogenated alkanes) is 1. The molecule has 0 saturated heterocycles. The van der Waals surface area contributed by atoms with Crippen LogP contribution in [-0.4, -0.2) is 28.8 Å². The lowest BCUT2D eigenvalue weighted by Gasteiger charge is -2.39. The van der Waals surface area contributed by atoms with Crippen LogP contribution in [0.5, 0.6) is 0 Å². The van der Waals surface area contributed by atoms with Crippen LogP contribution in [0.3, 0.4) is 0 Å². The van der Waals surface area contributed by atoms with Crippen LogP contribution in [0.2, 0.25) is 0 Å². The minimum atomic E-state index is -0.306. The molecule has 4 rings (SSSR count). The third kappa shape index (κ3) is 2.97. The molecule has 2 aliphatic rings. The fourth-order valence-corrected chi connectivity index (χ4v) is 4.89. The molecule has 1 atom stereocenters. The van der Waals surface area contributed by atoms with E-state index < -0.39 is 0 Å². The van der Waals surface area contributed by atoms with Crippen LogP contribution < -0.4 is 10.3 Å². The minimum absolute atomic E-state index is 0.0488. The Bertz CT molecular complexity index is 853. The molecule has 5 nitrogen and oxygen atoms in total. The third-order valence-electron chi connectivity index (χ3n) is 4.45. The number of anilines is 1. The molecule has 2 aromatic rings. The Labute approximate surface area is 159 Å². The highest BCUT2D eigenvalue weighted by Crippen LogP contribution is 2.38. The van der Waals surface area contributed by atoms with Crippen molar-refractivity contribution in [3.8, 4) is 0 Å². The molecule has 3 heterocycles. The van der Waals surface area contributed by atoms with Gasteiger partial charge >= 0.3 is 0 Å². The van der Waals surface area contributed by atoms with Gasteiger partial charge in [-0.15, -0.1) is 11.3 Å². The number of nitrogens with one attached hydrogen (secondary N) is 1. The summed E-state index contributed by atoms with van der Waals surface area (Å²) in [6.07, 6.45) is 1.65. The van der Waals surface area contributed by atoms with Crippen molar-refractivity contribution in [3.63, 3.8) is 0 Å². The summed E-state index contributed by atoms with van der Waals surface area (Å²) in [6.45, 7) is 2.79. The van der Waals surface area contributed by atoms with Gasteiger partial charge in [0.25, 0.3) is 5.91 Å². The van der Waals surface area contributed by atoms with Crippen molar-refractivity contribution in [1.82, 2.24) is 10.3 Å². The molecule has 2 aliphatic heterocycles. The molecule has 0 aliphatic carbocycles. The summed E-state index contributed by atoms with van der Waals surface area (Å²) in [5, 5.41) is 7.13. The highest BCUT2D eigenvalue weighted by atomic mass is 32.2. The largest absolute Gasteiger partial charge is 0.298 e. The molecule has 1 amide bonds. The molecule has 0 bridgehead atoms. The quantitative estimate of drug-likeness (QED) is 0.837. The number of hydrogen-bond donors (Lipinski definition) is 1. The lowest BCUT2D eigenvalue weighted by molar-refractivity contribution is 0.0644. The van der Waals surface area contributed by atoms with Crippen molar-refractivity contribution in [2.75, 3.05) is 11.4 Å². The summed E-state index contributed by atoms with van der Waals surface area (Å²) < 4.78 is 13.9. The Hall–Kier alpha value is -2.06. The number of fused-ring (bicyclic) bond motifs is 3. The molecule has 0 spiro atoms. The van der Waals surface area contributed by atoms with E-state index in [4.69, 9.17) is 0 Å². The zero-order chi connectivity index (χ0) is 18.1. The number of halogens is 1. The Kier molecular flexibility index (Phi) is 4.86. The van der Waals surface area contributed by atoms with Gasteiger partial charge in [0.2, 0.25) is 6.29 Å². The number of thiophene rings is 1. The number of hydrogen-bond acceptors (Lipinski definition) is 6. The first kappa shape index (κ1) is 17.4. The van der Waals surface area contributed by atoms with E-state index in [9.17, 15) is 9.18 Å². The Morgan fingerprint density at radius 3 is 3.00 bits per heavy atom. The Balaban J connectivity index is 1.57. The number of rotatable bonds is 5. The van der Waals surface area contributed by atoms with E-state index in [-0.39, 0.29) is 18.0 Å². The van der Waals surface area contributed by atoms with Crippen LogP contribution in [0.1, 0.15) is 35.0 Å². The number of amidine groups is 1. The van der Waals surface area contributed by atoms with E-state index in [0.29, 0.717) is 17.9 Å². The van der Waals surface area contributed by atoms with Gasteiger partial charge in [-0.3, -0.25) is 20.0 Å². The van der Waals surface area contributed by atoms with Crippen molar-refractivity contribution in [2.24, 2.45) is 5.10 Å². The molecule has 0 saturated carbocycles. The highest BCUT2D eigenvalue weighted by molar-refractivity contribution is 8.13. The number of benzene rings is 1. The average Bonchev–Trinajstić information content (AvgIpc) is 3.28. The van der Waals surface area contributed by atoms with Gasteiger partial charge in [0.05, 0.1) is 5.69 Å². The van der Waals surface area contributed by atoms with Crippen molar-refractivity contribution in [2.45, 2.75) is 31.8 Å². The molecule has 1 unspecified atom stereocenters. The van der Waals surface area contributed by atoms with Crippen LogP contribution in [-0.2, 0) is 5.75 Å². The van der Waals surface area contributed by atoms with Gasteiger partial charge in [0.1, 0.15) is 10.7 Å². The van der Waals surface area contributed by atoms with Gasteiger partial charge in [-0.05, 0) is 29.5 Å². The second kappa shape index (κ2) is 7.28. The van der Waals surface area contributed by atoms with Gasteiger partial charge in [-0.2, -0.15) is 5.10 Å². The van der Waals surface area contributed by atoms with E-state index in [1.54, 1.807) is 12.1 Å². The van der Waals surface area contributed by atoms with Gasteiger partial charge in [0, 0.05) is 12.3 Å². The summed E-state index contributed by atoms with van der Waals surface area (Å²) in [6, 6.07) is 8.73. The fourth-order valence-electron chi connectivity index (χ4n) is 3.08. The van der Waals surface area contributed by atoms with E-state index in [0.717, 1.165) is 28.6 Å². The molecule has 8 heteroatoms. The molecule has 136 valence electrons. The maximum Gasteiger partial charge on any atom is 0.269 e. The molecule has 0 fully saturated rings. The maximum atomic E-state index is 13.9. The second-order valence-corrected chi connectivity index (χ2v) is 7.99. The van der Waals surface area contributed by atoms with Crippen molar-refractivity contribution in [3.05, 3.63) is 52.0 Å². The van der Waals surface area contributed by atoms with E-state index >= 15 is 0 Å². The number of hydrazone groups is 1. The number of thioether (sulfide) groups is 1. The van der Waals surface area contributed by atoms with Crippen LogP contribution >= 0.6 is 23.1 Å². The zero-order valence-corrected chi connectivity index (χ0v) is 15.9. The number of amides is 1. The highest BCUT2D eigenvalue weighted by Gasteiger charge is 2.43. The summed E-state index contributed by atoms with van der Waals surface area (Å²) in [7, 11) is 0. The van der Waals surface area contributed by atoms with Crippen LogP contribution in [0.4, 0.5) is 10.1 Å². The molecule has 1 aromatic heterocycles. The van der Waals surface area contributed by atoms with Gasteiger partial charge in [-0.25, -0.2) is 4.39 Å². The monoisotopic (exact) mass is 390 g/mol. The number of carbonyl (C=O) groups excluding carboxylic acids is 1. The predicted molar refractivity (Wildman–Crippen MR) is 105 cm³/mol. The SMILES string of the molecule is CCCCN1C(=O)c2sccc2N2C(SCc3ccccc3F)=NNC12. The van der Waals surface area contributed by atoms with Crippen LogP contribution in [0, 0.1) is 5.82 Å². The van der Waals surface area contributed by atoms with Crippen molar-refractivity contribution in [1.29, 1.82) is 0 Å². The van der Waals surface area contributed by atoms with Gasteiger partial charge in [-0.1, -0.05) is 43.3 Å². The summed E-state index contributed by atoms with van der Waals surface area (Å²) in [5.41, 5.74) is 4.61. The summed E-state index contributed by atoms with van der Waals surface area (Å²) in [5.74, 6) is 0.323. The standard InChI is InChI=1S/C18H19FN4OS2/c1-2-3-9-22-16(24)15-14(8-10-25-15)23-17(22)20-21-18(23)26-11-12-6-4-5-7-13(12)19/h4-8,10,17,20H,2-3,9,11H2,1H3. The molecule has 1 aromatic carbocycles. The van der Waals surface area contributed by atoms with Crippen LogP contribution in [0.15, 0.2) is 40.8 Å². The molecule has 26 heavy (non-hydrogen) atoms. The van der Waals surface area contributed by atoms with Gasteiger partial charge < -0.3 is 0 Å². The first-order valence-corrected chi connectivity index (χ1v) is 10.4. The van der Waals surface area contributed by atoms with Gasteiger partial charge in [0.15, 0.2) is 5.17 Å². The molecule has 0 radical (unpaired) electrons. The third-order valence-corrected chi connectivity index (χ3v) is 6.34. The normalized spacial score (nSPS) is 18.5. The zero-order valence-electron chi connectivity index (χ0n) is 14.3. The van der Waals surface area contributed by atoms with E-state index in [1.807, 2.05) is 22.4 Å². The lowest BCUT2D eigenvalue weighted by Crippen LogP contribution is -2.58. The van der Waals surface area contributed by atoms with Crippen LogP contribution in [0.25, 0.3) is 0 Å². The smallest absolute Gasteiger partial charge is 0.269 e. The molecule has 1 N–H and O–H groups in total. The second-order valence-electron chi connectivity index (χ2n) is 6.13. The van der Waals surface area contributed by atoms with Crippen molar-refractivity contribution >= 4 is 39.9 Å². The van der Waals surface area contributed by atoms with E-state index in [1.165, 1.54) is 29.2 Å². The lowest BCUT2D eigenvalue weighted by atomic mass is 10.2. The molecular formula is C18H19FN4OS2. The molecular weight excluding hydrogens is 371 g/mol. The topological polar surface area (TPSA) is 47.9 Å². The van der Waals surface area contributed by atoms with Crippen molar-refractivity contribution < 1.29 is 9.18 Å². The predicted octanol–water partition coefficient (Wildman–Crippen LogP) is 4.04. The Morgan fingerprint density at radius 2 is 2.19 bits per heavy atom. The Morgan fingerprint density at radius 1 is 1.35 bits per heavy atom. The maximum absolute atomic E-state index is 13.9.